The Morgan fingerprint density at radius 1 is 0.680 bits per heavy atom. The lowest BCUT2D eigenvalue weighted by atomic mass is 9.87. The summed E-state index contributed by atoms with van der Waals surface area (Å²) in [6, 6.07) is 16.5. The van der Waals surface area contributed by atoms with Gasteiger partial charge < -0.3 is 9.47 Å². The number of hydrogen-bond acceptors (Lipinski definition) is 2. The summed E-state index contributed by atoms with van der Waals surface area (Å²) in [6.07, 6.45) is 3.55. The quantitative estimate of drug-likeness (QED) is 0.600. The van der Waals surface area contributed by atoms with Gasteiger partial charge in [0.05, 0.1) is 6.26 Å². The molecule has 0 heterocycles. The van der Waals surface area contributed by atoms with Crippen molar-refractivity contribution in [1.29, 1.82) is 0 Å². The first-order chi connectivity index (χ1) is 11.7. The van der Waals surface area contributed by atoms with Crippen LogP contribution in [0.3, 0.4) is 0 Å². The van der Waals surface area contributed by atoms with Crippen molar-refractivity contribution in [3.8, 4) is 11.5 Å². The minimum absolute atomic E-state index is 0.157. The van der Waals surface area contributed by atoms with Gasteiger partial charge in [0.2, 0.25) is 0 Å². The molecule has 0 fully saturated rings. The van der Waals surface area contributed by atoms with E-state index >= 15 is 0 Å². The van der Waals surface area contributed by atoms with Crippen LogP contribution in [0.25, 0.3) is 0 Å². The number of rotatable bonds is 5. The van der Waals surface area contributed by atoms with Crippen LogP contribution in [0.4, 0.5) is 0 Å². The fraction of sp³-hybridized carbons (Fsp3) is 0.391. The van der Waals surface area contributed by atoms with E-state index in [9.17, 15) is 0 Å². The Bertz CT molecular complexity index is 681. The first kappa shape index (κ1) is 19.1. The summed E-state index contributed by atoms with van der Waals surface area (Å²) in [5, 5.41) is 0. The van der Waals surface area contributed by atoms with E-state index in [1.54, 1.807) is 6.26 Å². The third-order valence-corrected chi connectivity index (χ3v) is 4.09. The van der Waals surface area contributed by atoms with E-state index in [1.807, 2.05) is 30.3 Å². The molecule has 0 aliphatic carbocycles. The Kier molecular flexibility index (Phi) is 5.94. The number of hydrogen-bond donors (Lipinski definition) is 0. The standard InChI is InChI=1S/C23H30O2/c1-22(2,3)18-8-12-20(13-9-18)24-16-7-17-25-21-14-10-19(11-15-21)23(4,5)6/h7-16H,17H2,1-6H3. The monoisotopic (exact) mass is 338 g/mol. The van der Waals surface area contributed by atoms with E-state index in [0.717, 1.165) is 11.5 Å². The molecule has 0 aromatic heterocycles. The van der Waals surface area contributed by atoms with Crippen LogP contribution in [-0.2, 0) is 10.8 Å². The van der Waals surface area contributed by atoms with Crippen LogP contribution in [0.5, 0.6) is 11.5 Å². The van der Waals surface area contributed by atoms with Crippen molar-refractivity contribution in [2.24, 2.45) is 0 Å². The molecule has 0 bridgehead atoms. The first-order valence-corrected chi connectivity index (χ1v) is 8.82. The predicted octanol–water partition coefficient (Wildman–Crippen LogP) is 6.25. The third-order valence-electron chi connectivity index (χ3n) is 4.09. The second kappa shape index (κ2) is 7.77. The summed E-state index contributed by atoms with van der Waals surface area (Å²) in [5.74, 6) is 1.70. The molecular formula is C23H30O2. The van der Waals surface area contributed by atoms with Gasteiger partial charge in [-0.1, -0.05) is 65.8 Å². The van der Waals surface area contributed by atoms with Gasteiger partial charge in [0, 0.05) is 0 Å². The van der Waals surface area contributed by atoms with Gasteiger partial charge in [-0.15, -0.1) is 0 Å². The third kappa shape index (κ3) is 5.97. The Morgan fingerprint density at radius 3 is 1.56 bits per heavy atom. The zero-order chi connectivity index (χ0) is 18.5. The largest absolute Gasteiger partial charge is 0.489 e. The molecule has 2 rings (SSSR count). The summed E-state index contributed by atoms with van der Waals surface area (Å²) >= 11 is 0. The maximum Gasteiger partial charge on any atom is 0.126 e. The van der Waals surface area contributed by atoms with Gasteiger partial charge in [-0.05, 0) is 52.3 Å². The Labute approximate surface area is 152 Å². The molecule has 0 radical (unpaired) electrons. The average molecular weight is 338 g/mol. The molecule has 25 heavy (non-hydrogen) atoms. The van der Waals surface area contributed by atoms with Crippen molar-refractivity contribution >= 4 is 0 Å². The lowest BCUT2D eigenvalue weighted by Gasteiger charge is -2.19. The molecule has 0 spiro atoms. The summed E-state index contributed by atoms with van der Waals surface area (Å²) in [5.41, 5.74) is 2.92. The Morgan fingerprint density at radius 2 is 1.12 bits per heavy atom. The van der Waals surface area contributed by atoms with Crippen LogP contribution >= 0.6 is 0 Å². The molecule has 134 valence electrons. The van der Waals surface area contributed by atoms with Crippen molar-refractivity contribution in [2.75, 3.05) is 6.61 Å². The topological polar surface area (TPSA) is 18.5 Å². The van der Waals surface area contributed by atoms with E-state index in [1.165, 1.54) is 11.1 Å². The highest BCUT2D eigenvalue weighted by molar-refractivity contribution is 5.32. The molecule has 2 aromatic rings. The van der Waals surface area contributed by atoms with Gasteiger partial charge >= 0.3 is 0 Å². The molecule has 0 aliphatic rings. The molecule has 0 aliphatic heterocycles. The van der Waals surface area contributed by atoms with E-state index in [2.05, 4.69) is 65.8 Å². The maximum absolute atomic E-state index is 5.71. The van der Waals surface area contributed by atoms with Gasteiger partial charge in [0.1, 0.15) is 18.1 Å². The van der Waals surface area contributed by atoms with Gasteiger partial charge in [-0.25, -0.2) is 0 Å². The summed E-state index contributed by atoms with van der Waals surface area (Å²) in [4.78, 5) is 0. The lowest BCUT2D eigenvalue weighted by Crippen LogP contribution is -2.10. The Balaban J connectivity index is 1.80. The molecule has 0 N–H and O–H groups in total. The van der Waals surface area contributed by atoms with Crippen molar-refractivity contribution in [2.45, 2.75) is 52.4 Å². The Hall–Kier alpha value is -2.22. The lowest BCUT2D eigenvalue weighted by molar-refractivity contribution is 0.357. The molecular weight excluding hydrogens is 308 g/mol. The minimum Gasteiger partial charge on any atom is -0.489 e. The van der Waals surface area contributed by atoms with Gasteiger partial charge in [-0.2, -0.15) is 0 Å². The van der Waals surface area contributed by atoms with Gasteiger partial charge in [-0.3, -0.25) is 0 Å². The smallest absolute Gasteiger partial charge is 0.126 e. The van der Waals surface area contributed by atoms with E-state index < -0.39 is 0 Å². The normalized spacial score (nSPS) is 12.4. The van der Waals surface area contributed by atoms with E-state index in [4.69, 9.17) is 9.47 Å². The van der Waals surface area contributed by atoms with Crippen LogP contribution in [0, 0.1) is 0 Å². The average Bonchev–Trinajstić information content (AvgIpc) is 2.54. The second-order valence-corrected chi connectivity index (χ2v) is 8.35. The van der Waals surface area contributed by atoms with Crippen LogP contribution < -0.4 is 9.47 Å². The van der Waals surface area contributed by atoms with Crippen molar-refractivity contribution in [3.63, 3.8) is 0 Å². The fourth-order valence-electron chi connectivity index (χ4n) is 2.39. The fourth-order valence-corrected chi connectivity index (χ4v) is 2.39. The van der Waals surface area contributed by atoms with E-state index in [0.29, 0.717) is 6.61 Å². The summed E-state index contributed by atoms with van der Waals surface area (Å²) in [6.45, 7) is 13.7. The zero-order valence-corrected chi connectivity index (χ0v) is 16.3. The van der Waals surface area contributed by atoms with Crippen molar-refractivity contribution in [3.05, 3.63) is 72.0 Å². The van der Waals surface area contributed by atoms with Crippen molar-refractivity contribution in [1.82, 2.24) is 0 Å². The summed E-state index contributed by atoms with van der Waals surface area (Å²) < 4.78 is 11.3. The zero-order valence-electron chi connectivity index (χ0n) is 16.3. The van der Waals surface area contributed by atoms with Crippen LogP contribution in [0.2, 0.25) is 0 Å². The molecule has 2 nitrogen and oxygen atoms in total. The van der Waals surface area contributed by atoms with Gasteiger partial charge in [0.15, 0.2) is 0 Å². The first-order valence-electron chi connectivity index (χ1n) is 8.82. The maximum atomic E-state index is 5.71. The highest BCUT2D eigenvalue weighted by atomic mass is 16.5. The number of benzene rings is 2. The second-order valence-electron chi connectivity index (χ2n) is 8.35. The van der Waals surface area contributed by atoms with Crippen LogP contribution in [0.1, 0.15) is 52.7 Å². The molecule has 0 unspecified atom stereocenters. The van der Waals surface area contributed by atoms with Gasteiger partial charge in [0.25, 0.3) is 0 Å². The predicted molar refractivity (Wildman–Crippen MR) is 106 cm³/mol. The summed E-state index contributed by atoms with van der Waals surface area (Å²) in [7, 11) is 0. The van der Waals surface area contributed by atoms with Crippen LogP contribution in [0.15, 0.2) is 60.9 Å². The number of ether oxygens (including phenoxy) is 2. The molecule has 2 heteroatoms. The van der Waals surface area contributed by atoms with E-state index in [-0.39, 0.29) is 10.8 Å². The molecule has 2 aromatic carbocycles. The SMILES string of the molecule is CC(C)(C)c1ccc(OC=CCOc2ccc(C(C)(C)C)cc2)cc1. The molecule has 0 saturated carbocycles. The van der Waals surface area contributed by atoms with Crippen molar-refractivity contribution < 1.29 is 9.47 Å². The molecule has 0 atom stereocenters. The molecule has 0 amide bonds. The minimum atomic E-state index is 0.157. The highest BCUT2D eigenvalue weighted by Crippen LogP contribution is 2.25. The highest BCUT2D eigenvalue weighted by Gasteiger charge is 2.13. The molecule has 0 saturated heterocycles. The van der Waals surface area contributed by atoms with Crippen LogP contribution in [-0.4, -0.2) is 6.61 Å².